The van der Waals surface area contributed by atoms with Gasteiger partial charge in [0, 0.05) is 6.42 Å². The van der Waals surface area contributed by atoms with E-state index < -0.39 is 54.8 Å². The largest absolute Gasteiger partial charge is 0.458 e. The first-order chi connectivity index (χ1) is 20.8. The maximum absolute atomic E-state index is 13.2. The SMILES string of the molecule is CC1=C(CO[C@@H]2O[C@H](CO)[C@@H](O)[C@H](O)[C@H]2O)C(=O)O[C@@H]([C@@H](C)[C@H]2CC[C@H]3[C@@H]4[C@H](O)C=C5CC=CC(=O)[C@]5(C)[C@H]4CC[C@]23C)C1. The summed E-state index contributed by atoms with van der Waals surface area (Å²) in [6.07, 6.45) is 2.76. The molecule has 0 aromatic heterocycles. The lowest BCUT2D eigenvalue weighted by molar-refractivity contribution is -0.299. The molecule has 0 bridgehead atoms. The van der Waals surface area contributed by atoms with Crippen molar-refractivity contribution in [2.45, 2.75) is 109 Å². The second-order valence-electron chi connectivity index (χ2n) is 14.6. The van der Waals surface area contributed by atoms with Gasteiger partial charge in [-0.2, -0.15) is 0 Å². The van der Waals surface area contributed by atoms with Gasteiger partial charge in [0.2, 0.25) is 0 Å². The molecular weight excluding hydrogens is 568 g/mol. The second kappa shape index (κ2) is 11.7. The number of carbonyl (C=O) groups is 2. The van der Waals surface area contributed by atoms with E-state index in [1.807, 2.05) is 19.1 Å². The minimum absolute atomic E-state index is 0.0249. The second-order valence-corrected chi connectivity index (χ2v) is 14.6. The lowest BCUT2D eigenvalue weighted by atomic mass is 9.46. The van der Waals surface area contributed by atoms with Gasteiger partial charge in [-0.05, 0) is 87.0 Å². The minimum atomic E-state index is -1.56. The van der Waals surface area contributed by atoms with E-state index in [-0.39, 0.29) is 47.6 Å². The van der Waals surface area contributed by atoms with E-state index in [1.54, 1.807) is 6.08 Å². The molecule has 0 amide bonds. The Morgan fingerprint density at radius 3 is 2.50 bits per heavy atom. The lowest BCUT2D eigenvalue weighted by Crippen LogP contribution is -2.59. The highest BCUT2D eigenvalue weighted by Crippen LogP contribution is 2.66. The molecule has 2 saturated carbocycles. The molecule has 6 rings (SSSR count). The third-order valence-electron chi connectivity index (χ3n) is 12.7. The van der Waals surface area contributed by atoms with E-state index in [0.29, 0.717) is 17.9 Å². The molecule has 10 heteroatoms. The van der Waals surface area contributed by atoms with E-state index in [9.17, 15) is 35.1 Å². The molecule has 44 heavy (non-hydrogen) atoms. The molecule has 4 aliphatic carbocycles. The Morgan fingerprint density at radius 2 is 1.80 bits per heavy atom. The molecule has 3 fully saturated rings. The predicted octanol–water partition coefficient (Wildman–Crippen LogP) is 1.97. The summed E-state index contributed by atoms with van der Waals surface area (Å²) in [5.74, 6) is 0.452. The first kappa shape index (κ1) is 32.0. The molecule has 0 unspecified atom stereocenters. The van der Waals surface area contributed by atoms with E-state index in [4.69, 9.17) is 14.2 Å². The van der Waals surface area contributed by atoms with Crippen LogP contribution in [0.15, 0.2) is 34.9 Å². The van der Waals surface area contributed by atoms with Crippen LogP contribution in [0.5, 0.6) is 0 Å². The molecule has 14 atom stereocenters. The number of allylic oxidation sites excluding steroid dienone is 3. The fraction of sp³-hybridized carbons (Fsp3) is 0.765. The molecule has 244 valence electrons. The number of ether oxygens (including phenoxy) is 3. The van der Waals surface area contributed by atoms with Crippen LogP contribution >= 0.6 is 0 Å². The highest BCUT2D eigenvalue weighted by Gasteiger charge is 2.63. The Kier molecular flexibility index (Phi) is 8.52. The van der Waals surface area contributed by atoms with E-state index >= 15 is 0 Å². The molecule has 0 spiro atoms. The lowest BCUT2D eigenvalue weighted by Gasteiger charge is -2.58. The fourth-order valence-electron chi connectivity index (χ4n) is 10.0. The van der Waals surface area contributed by atoms with Crippen LogP contribution in [0.1, 0.15) is 66.2 Å². The number of cyclic esters (lactones) is 1. The van der Waals surface area contributed by atoms with Crippen LogP contribution < -0.4 is 0 Å². The monoisotopic (exact) mass is 616 g/mol. The number of ketones is 1. The maximum atomic E-state index is 13.2. The van der Waals surface area contributed by atoms with Crippen LogP contribution in [0.4, 0.5) is 0 Å². The van der Waals surface area contributed by atoms with Crippen LogP contribution in [0.2, 0.25) is 0 Å². The van der Waals surface area contributed by atoms with Crippen molar-refractivity contribution < 1.29 is 49.3 Å². The van der Waals surface area contributed by atoms with Crippen molar-refractivity contribution >= 4 is 11.8 Å². The van der Waals surface area contributed by atoms with Gasteiger partial charge in [0.05, 0.1) is 30.3 Å². The zero-order chi connectivity index (χ0) is 31.7. The molecule has 1 saturated heterocycles. The van der Waals surface area contributed by atoms with Crippen molar-refractivity contribution in [3.63, 3.8) is 0 Å². The van der Waals surface area contributed by atoms with Gasteiger partial charge in [-0.15, -0.1) is 0 Å². The molecule has 6 aliphatic rings. The normalized spacial score (nSPS) is 47.8. The highest BCUT2D eigenvalue weighted by atomic mass is 16.7. The van der Waals surface area contributed by atoms with Crippen molar-refractivity contribution in [2.75, 3.05) is 13.2 Å². The first-order valence-electron chi connectivity index (χ1n) is 16.2. The van der Waals surface area contributed by atoms with Gasteiger partial charge in [0.1, 0.15) is 30.5 Å². The van der Waals surface area contributed by atoms with Gasteiger partial charge in [-0.1, -0.05) is 37.1 Å². The maximum Gasteiger partial charge on any atom is 0.336 e. The van der Waals surface area contributed by atoms with Crippen molar-refractivity contribution in [3.8, 4) is 0 Å². The van der Waals surface area contributed by atoms with E-state index in [0.717, 1.165) is 43.3 Å². The molecule has 0 aromatic carbocycles. The number of carbonyl (C=O) groups excluding carboxylic acids is 2. The van der Waals surface area contributed by atoms with Gasteiger partial charge < -0.3 is 39.7 Å². The number of aliphatic hydroxyl groups excluding tert-OH is 5. The zero-order valence-corrected chi connectivity index (χ0v) is 26.1. The third kappa shape index (κ3) is 4.87. The number of hydrogen-bond acceptors (Lipinski definition) is 10. The molecule has 2 heterocycles. The summed E-state index contributed by atoms with van der Waals surface area (Å²) < 4.78 is 17.1. The summed E-state index contributed by atoms with van der Waals surface area (Å²) >= 11 is 0. The van der Waals surface area contributed by atoms with Crippen LogP contribution in [0.3, 0.4) is 0 Å². The number of esters is 1. The standard InChI is InChI=1S/C34H48O10/c1-16-12-24(43-31(41)19(16)15-42-32-30(40)29(39)28(38)25(14-35)44-32)17(2)20-8-9-21-27-22(10-11-33(20,21)3)34(4)18(13-23(27)36)6-5-7-26(34)37/h5,7,13,17,20-25,27-30,32,35-36,38-40H,6,8-12,14-15H2,1-4H3/t17-,20+,21-,22-,23+,24+,25+,27-,28+,29-,30+,32+,33+,34-/m0/s1. The van der Waals surface area contributed by atoms with Crippen LogP contribution in [-0.2, 0) is 23.8 Å². The summed E-state index contributed by atoms with van der Waals surface area (Å²) in [7, 11) is 0. The summed E-state index contributed by atoms with van der Waals surface area (Å²) in [5, 5.41) is 51.2. The average Bonchev–Trinajstić information content (AvgIpc) is 3.34. The Hall–Kier alpha value is -1.92. The summed E-state index contributed by atoms with van der Waals surface area (Å²) in [4.78, 5) is 26.5. The minimum Gasteiger partial charge on any atom is -0.458 e. The number of aliphatic hydroxyl groups is 5. The molecule has 0 aromatic rings. The number of fused-ring (bicyclic) bond motifs is 5. The molecule has 2 aliphatic heterocycles. The molecular formula is C34H48O10. The van der Waals surface area contributed by atoms with Gasteiger partial charge in [0.15, 0.2) is 12.1 Å². The summed E-state index contributed by atoms with van der Waals surface area (Å²) in [6, 6.07) is 0. The van der Waals surface area contributed by atoms with Crippen molar-refractivity contribution in [2.24, 2.45) is 40.4 Å². The Balaban J connectivity index is 1.14. The predicted molar refractivity (Wildman–Crippen MR) is 158 cm³/mol. The molecule has 0 radical (unpaired) electrons. The van der Waals surface area contributed by atoms with Gasteiger partial charge in [-0.25, -0.2) is 4.79 Å². The number of rotatable bonds is 6. The molecule has 10 nitrogen and oxygen atoms in total. The van der Waals surface area contributed by atoms with E-state index in [2.05, 4.69) is 20.8 Å². The smallest absolute Gasteiger partial charge is 0.336 e. The fourth-order valence-corrected chi connectivity index (χ4v) is 10.0. The van der Waals surface area contributed by atoms with Crippen LogP contribution in [-0.4, -0.2) is 93.4 Å². The highest BCUT2D eigenvalue weighted by molar-refractivity contribution is 5.98. The summed E-state index contributed by atoms with van der Waals surface area (Å²) in [6.45, 7) is 7.68. The van der Waals surface area contributed by atoms with Gasteiger partial charge >= 0.3 is 5.97 Å². The van der Waals surface area contributed by atoms with Gasteiger partial charge in [-0.3, -0.25) is 4.79 Å². The Bertz CT molecular complexity index is 1250. The Labute approximate surface area is 258 Å². The van der Waals surface area contributed by atoms with Crippen LogP contribution in [0, 0.1) is 40.4 Å². The quantitative estimate of drug-likeness (QED) is 0.220. The van der Waals surface area contributed by atoms with Crippen molar-refractivity contribution in [1.82, 2.24) is 0 Å². The first-order valence-corrected chi connectivity index (χ1v) is 16.2. The third-order valence-corrected chi connectivity index (χ3v) is 12.7. The van der Waals surface area contributed by atoms with Crippen molar-refractivity contribution in [1.29, 1.82) is 0 Å². The topological polar surface area (TPSA) is 163 Å². The molecule has 5 N–H and O–H groups in total. The zero-order valence-electron chi connectivity index (χ0n) is 26.1. The average molecular weight is 617 g/mol. The van der Waals surface area contributed by atoms with Crippen LogP contribution in [0.25, 0.3) is 0 Å². The van der Waals surface area contributed by atoms with Gasteiger partial charge in [0.25, 0.3) is 0 Å². The number of hydrogen-bond donors (Lipinski definition) is 5. The Morgan fingerprint density at radius 1 is 1.05 bits per heavy atom. The summed E-state index contributed by atoms with van der Waals surface area (Å²) in [5.41, 5.74) is 1.62. The van der Waals surface area contributed by atoms with Crippen molar-refractivity contribution in [3.05, 3.63) is 34.9 Å². The van der Waals surface area contributed by atoms with E-state index in [1.165, 1.54) is 0 Å².